The summed E-state index contributed by atoms with van der Waals surface area (Å²) in [7, 11) is 0. The average molecular weight is 298 g/mol. The maximum Gasteiger partial charge on any atom is 0.248 e. The lowest BCUT2D eigenvalue weighted by Crippen LogP contribution is -2.04. The molecule has 0 spiro atoms. The molecule has 7 heteroatoms. The highest BCUT2D eigenvalue weighted by molar-refractivity contribution is 6.31. The number of nitrogens with zero attached hydrogens (tertiary/aromatic N) is 4. The summed E-state index contributed by atoms with van der Waals surface area (Å²) in [5, 5.41) is 17.0. The summed E-state index contributed by atoms with van der Waals surface area (Å²) in [5.41, 5.74) is 2.10. The molecular formula is C14H8ClN5O. The number of hydrogen-bond donors (Lipinski definition) is 1. The molecule has 0 aliphatic carbocycles. The first kappa shape index (κ1) is 13.1. The fraction of sp³-hybridized carbons (Fsp3) is 0. The normalized spacial score (nSPS) is 10.3. The van der Waals surface area contributed by atoms with E-state index in [1.165, 1.54) is 16.9 Å². The topological polar surface area (TPSA) is 87.4 Å². The highest BCUT2D eigenvalue weighted by Crippen LogP contribution is 2.28. The Labute approximate surface area is 124 Å². The molecule has 0 radical (unpaired) electrons. The Balaban J connectivity index is 2.22. The maximum absolute atomic E-state index is 11.5. The highest BCUT2D eigenvalue weighted by Gasteiger charge is 2.10. The third kappa shape index (κ3) is 2.55. The van der Waals surface area contributed by atoms with Crippen LogP contribution < -0.4 is 5.56 Å². The van der Waals surface area contributed by atoms with Crippen LogP contribution in [0.3, 0.4) is 0 Å². The summed E-state index contributed by atoms with van der Waals surface area (Å²) in [4.78, 5) is 14.0. The van der Waals surface area contributed by atoms with Gasteiger partial charge in [0.25, 0.3) is 0 Å². The smallest absolute Gasteiger partial charge is 0.248 e. The van der Waals surface area contributed by atoms with Gasteiger partial charge in [0.05, 0.1) is 11.9 Å². The number of aromatic amines is 1. The number of H-pyrrole nitrogens is 1. The van der Waals surface area contributed by atoms with Crippen molar-refractivity contribution < 1.29 is 0 Å². The molecule has 1 N–H and O–H groups in total. The molecule has 0 atom stereocenters. The van der Waals surface area contributed by atoms with Crippen LogP contribution in [0.2, 0.25) is 5.02 Å². The largest absolute Gasteiger partial charge is 0.329 e. The highest BCUT2D eigenvalue weighted by atomic mass is 35.5. The summed E-state index contributed by atoms with van der Waals surface area (Å²) in [6, 6.07) is 10.4. The van der Waals surface area contributed by atoms with E-state index in [0.717, 1.165) is 5.56 Å². The van der Waals surface area contributed by atoms with Crippen LogP contribution in [0.15, 0.2) is 47.5 Å². The molecule has 1 aromatic carbocycles. The Hall–Kier alpha value is -2.91. The van der Waals surface area contributed by atoms with Crippen molar-refractivity contribution in [1.29, 1.82) is 5.26 Å². The van der Waals surface area contributed by atoms with E-state index in [-0.39, 0.29) is 11.3 Å². The number of rotatable bonds is 2. The van der Waals surface area contributed by atoms with Crippen LogP contribution >= 0.6 is 11.6 Å². The Kier molecular flexibility index (Phi) is 3.26. The van der Waals surface area contributed by atoms with Gasteiger partial charge < -0.3 is 4.98 Å². The van der Waals surface area contributed by atoms with E-state index in [4.69, 9.17) is 16.9 Å². The van der Waals surface area contributed by atoms with Gasteiger partial charge in [-0.25, -0.2) is 4.68 Å². The second-order valence-corrected chi connectivity index (χ2v) is 4.70. The third-order valence-corrected chi connectivity index (χ3v) is 3.13. The molecule has 3 rings (SSSR count). The average Bonchev–Trinajstić information content (AvgIpc) is 2.96. The predicted molar refractivity (Wildman–Crippen MR) is 77.1 cm³/mol. The zero-order chi connectivity index (χ0) is 14.8. The molecule has 2 aromatic heterocycles. The number of benzene rings is 1. The minimum atomic E-state index is -0.213. The molecule has 0 saturated carbocycles. The summed E-state index contributed by atoms with van der Waals surface area (Å²) in [6.07, 6.45) is 3.07. The molecule has 0 saturated heterocycles. The fourth-order valence-electron chi connectivity index (χ4n) is 1.98. The number of pyridine rings is 1. The lowest BCUT2D eigenvalue weighted by molar-refractivity contribution is 0.803. The number of aromatic nitrogens is 4. The molecule has 21 heavy (non-hydrogen) atoms. The minimum absolute atomic E-state index is 0.210. The van der Waals surface area contributed by atoms with E-state index < -0.39 is 0 Å². The minimum Gasteiger partial charge on any atom is -0.329 e. The first-order valence-electron chi connectivity index (χ1n) is 5.99. The van der Waals surface area contributed by atoms with Crippen molar-refractivity contribution in [2.75, 3.05) is 0 Å². The Morgan fingerprint density at radius 1 is 1.29 bits per heavy atom. The van der Waals surface area contributed by atoms with Crippen molar-refractivity contribution in [2.45, 2.75) is 0 Å². The zero-order valence-electron chi connectivity index (χ0n) is 10.6. The molecule has 0 aliphatic heterocycles. The summed E-state index contributed by atoms with van der Waals surface area (Å²) in [6.45, 7) is 0. The number of nitriles is 1. The zero-order valence-corrected chi connectivity index (χ0v) is 11.4. The van der Waals surface area contributed by atoms with E-state index >= 15 is 0 Å². The van der Waals surface area contributed by atoms with E-state index in [1.807, 2.05) is 6.07 Å². The lowest BCUT2D eigenvalue weighted by Gasteiger charge is -2.09. The molecular weight excluding hydrogens is 290 g/mol. The van der Waals surface area contributed by atoms with Crippen molar-refractivity contribution in [1.82, 2.24) is 20.0 Å². The van der Waals surface area contributed by atoms with E-state index in [9.17, 15) is 4.79 Å². The van der Waals surface area contributed by atoms with E-state index in [2.05, 4.69) is 15.3 Å². The molecule has 102 valence electrons. The van der Waals surface area contributed by atoms with Gasteiger partial charge in [-0.1, -0.05) is 16.8 Å². The van der Waals surface area contributed by atoms with Gasteiger partial charge in [-0.2, -0.15) is 5.26 Å². The van der Waals surface area contributed by atoms with Crippen LogP contribution in [0.25, 0.3) is 16.8 Å². The number of nitrogens with one attached hydrogen (secondary N) is 1. The summed E-state index contributed by atoms with van der Waals surface area (Å²) < 4.78 is 1.48. The first-order chi connectivity index (χ1) is 10.2. The molecule has 2 heterocycles. The first-order valence-corrected chi connectivity index (χ1v) is 6.36. The van der Waals surface area contributed by atoms with Gasteiger partial charge in [0.1, 0.15) is 6.07 Å². The Morgan fingerprint density at radius 3 is 2.86 bits per heavy atom. The molecule has 0 amide bonds. The maximum atomic E-state index is 11.5. The molecule has 0 fully saturated rings. The number of halogens is 1. The van der Waals surface area contributed by atoms with Gasteiger partial charge in [-0.3, -0.25) is 4.79 Å². The van der Waals surface area contributed by atoms with Crippen LogP contribution in [0.5, 0.6) is 0 Å². The van der Waals surface area contributed by atoms with Crippen molar-refractivity contribution >= 4 is 11.6 Å². The van der Waals surface area contributed by atoms with Gasteiger partial charge >= 0.3 is 0 Å². The summed E-state index contributed by atoms with van der Waals surface area (Å²) >= 11 is 6.04. The molecule has 6 nitrogen and oxygen atoms in total. The van der Waals surface area contributed by atoms with Crippen LogP contribution in [0.4, 0.5) is 0 Å². The Morgan fingerprint density at radius 2 is 2.14 bits per heavy atom. The van der Waals surface area contributed by atoms with E-state index in [0.29, 0.717) is 16.3 Å². The lowest BCUT2D eigenvalue weighted by atomic mass is 10.1. The van der Waals surface area contributed by atoms with Gasteiger partial charge in [-0.15, -0.1) is 5.10 Å². The predicted octanol–water partition coefficient (Wildman–Crippen LogP) is 2.15. The van der Waals surface area contributed by atoms with Crippen LogP contribution in [0.1, 0.15) is 5.69 Å². The second kappa shape index (κ2) is 5.23. The standard InChI is InChI=1S/C14H8ClN5O/c15-10-1-2-13(20-8-11(7-16)18-19-20)12(6-10)9-3-4-17-14(21)5-9/h1-6,8H,(H,17,21). The van der Waals surface area contributed by atoms with Crippen molar-refractivity contribution in [2.24, 2.45) is 0 Å². The van der Waals surface area contributed by atoms with Crippen molar-refractivity contribution in [3.8, 4) is 22.9 Å². The molecule has 0 aliphatic rings. The van der Waals surface area contributed by atoms with Gasteiger partial charge in [0.2, 0.25) is 5.56 Å². The third-order valence-electron chi connectivity index (χ3n) is 2.90. The van der Waals surface area contributed by atoms with Crippen LogP contribution in [-0.2, 0) is 0 Å². The van der Waals surface area contributed by atoms with Crippen LogP contribution in [-0.4, -0.2) is 20.0 Å². The van der Waals surface area contributed by atoms with Crippen LogP contribution in [0, 0.1) is 11.3 Å². The van der Waals surface area contributed by atoms with E-state index in [1.54, 1.807) is 30.5 Å². The van der Waals surface area contributed by atoms with Gasteiger partial charge in [0, 0.05) is 22.8 Å². The summed E-state index contributed by atoms with van der Waals surface area (Å²) in [5.74, 6) is 0. The van der Waals surface area contributed by atoms with Crippen molar-refractivity contribution in [3.63, 3.8) is 0 Å². The fourth-order valence-corrected chi connectivity index (χ4v) is 2.16. The van der Waals surface area contributed by atoms with Crippen molar-refractivity contribution in [3.05, 3.63) is 63.8 Å². The monoisotopic (exact) mass is 297 g/mol. The van der Waals surface area contributed by atoms with Gasteiger partial charge in [0.15, 0.2) is 5.69 Å². The SMILES string of the molecule is N#Cc1cn(-c2ccc(Cl)cc2-c2cc[nH]c(=O)c2)nn1. The quantitative estimate of drug-likeness (QED) is 0.785. The number of hydrogen-bond acceptors (Lipinski definition) is 4. The molecule has 0 bridgehead atoms. The Bertz CT molecular complexity index is 906. The van der Waals surface area contributed by atoms with Gasteiger partial charge in [-0.05, 0) is 29.8 Å². The second-order valence-electron chi connectivity index (χ2n) is 4.26. The molecule has 0 unspecified atom stereocenters. The molecule has 3 aromatic rings.